The summed E-state index contributed by atoms with van der Waals surface area (Å²) >= 11 is 0. The van der Waals surface area contributed by atoms with Crippen LogP contribution in [-0.2, 0) is 0 Å². The Labute approximate surface area is 127 Å². The smallest absolute Gasteiger partial charge is 0.0110 e. The van der Waals surface area contributed by atoms with Crippen molar-refractivity contribution in [3.05, 3.63) is 0 Å². The number of likely N-dealkylation sites (N-methyl/N-ethyl adjacent to an activating group) is 1. The van der Waals surface area contributed by atoms with Gasteiger partial charge < -0.3 is 9.80 Å². The molecular formula is C18H38N2. The minimum atomic E-state index is 0.555. The van der Waals surface area contributed by atoms with Gasteiger partial charge in [-0.25, -0.2) is 0 Å². The SMILES string of the molecule is CCCCCCC(C)(CCCC)CN1CCN(C)CC1. The third kappa shape index (κ3) is 7.08. The van der Waals surface area contributed by atoms with Crippen LogP contribution in [0.25, 0.3) is 0 Å². The van der Waals surface area contributed by atoms with Crippen LogP contribution in [0.15, 0.2) is 0 Å². The van der Waals surface area contributed by atoms with E-state index in [4.69, 9.17) is 0 Å². The maximum Gasteiger partial charge on any atom is 0.0110 e. The van der Waals surface area contributed by atoms with Gasteiger partial charge in [0.15, 0.2) is 0 Å². The Morgan fingerprint density at radius 3 is 2.00 bits per heavy atom. The van der Waals surface area contributed by atoms with Crippen LogP contribution in [0.4, 0.5) is 0 Å². The number of nitrogens with zero attached hydrogens (tertiary/aromatic N) is 2. The molecule has 0 amide bonds. The summed E-state index contributed by atoms with van der Waals surface area (Å²) in [6.07, 6.45) is 11.2. The fourth-order valence-electron chi connectivity index (χ4n) is 3.41. The van der Waals surface area contributed by atoms with Crippen molar-refractivity contribution < 1.29 is 0 Å². The van der Waals surface area contributed by atoms with Gasteiger partial charge in [-0.3, -0.25) is 0 Å². The fourth-order valence-corrected chi connectivity index (χ4v) is 3.41. The highest BCUT2D eigenvalue weighted by molar-refractivity contribution is 4.81. The van der Waals surface area contributed by atoms with Crippen LogP contribution in [0.5, 0.6) is 0 Å². The van der Waals surface area contributed by atoms with Gasteiger partial charge in [0.25, 0.3) is 0 Å². The molecule has 0 N–H and O–H groups in total. The molecule has 1 rings (SSSR count). The number of hydrogen-bond donors (Lipinski definition) is 0. The van der Waals surface area contributed by atoms with E-state index in [-0.39, 0.29) is 0 Å². The second kappa shape index (κ2) is 9.78. The molecule has 1 aliphatic rings. The van der Waals surface area contributed by atoms with Crippen LogP contribution >= 0.6 is 0 Å². The van der Waals surface area contributed by atoms with E-state index in [2.05, 4.69) is 37.6 Å². The van der Waals surface area contributed by atoms with Gasteiger partial charge in [-0.05, 0) is 25.3 Å². The molecule has 0 bridgehead atoms. The van der Waals surface area contributed by atoms with E-state index in [9.17, 15) is 0 Å². The maximum absolute atomic E-state index is 2.72. The maximum atomic E-state index is 2.72. The summed E-state index contributed by atoms with van der Waals surface area (Å²) < 4.78 is 0. The normalized spacial score (nSPS) is 21.0. The first-order valence-corrected chi connectivity index (χ1v) is 9.00. The molecule has 1 aliphatic heterocycles. The molecule has 20 heavy (non-hydrogen) atoms. The van der Waals surface area contributed by atoms with Gasteiger partial charge in [0.05, 0.1) is 0 Å². The van der Waals surface area contributed by atoms with Crippen molar-refractivity contribution in [1.29, 1.82) is 0 Å². The zero-order valence-electron chi connectivity index (χ0n) is 14.6. The van der Waals surface area contributed by atoms with Gasteiger partial charge in [-0.2, -0.15) is 0 Å². The summed E-state index contributed by atoms with van der Waals surface area (Å²) in [6, 6.07) is 0. The first kappa shape index (κ1) is 18.0. The Hall–Kier alpha value is -0.0800. The Bertz CT molecular complexity index is 234. The summed E-state index contributed by atoms with van der Waals surface area (Å²) in [5, 5.41) is 0. The van der Waals surface area contributed by atoms with Gasteiger partial charge in [-0.1, -0.05) is 59.3 Å². The molecule has 0 radical (unpaired) electrons. The second-order valence-electron chi connectivity index (χ2n) is 7.30. The van der Waals surface area contributed by atoms with E-state index in [1.807, 2.05) is 0 Å². The van der Waals surface area contributed by atoms with Crippen LogP contribution in [0.1, 0.15) is 72.1 Å². The summed E-state index contributed by atoms with van der Waals surface area (Å²) in [5.74, 6) is 0. The molecule has 0 aromatic heterocycles. The predicted octanol–water partition coefficient (Wildman–Crippen LogP) is 4.40. The van der Waals surface area contributed by atoms with Gasteiger partial charge in [0.2, 0.25) is 0 Å². The molecular weight excluding hydrogens is 244 g/mol. The van der Waals surface area contributed by atoms with E-state index in [1.165, 1.54) is 84.1 Å². The molecule has 120 valence electrons. The Balaban J connectivity index is 2.40. The highest BCUT2D eigenvalue weighted by atomic mass is 15.2. The number of unbranched alkanes of at least 4 members (excludes halogenated alkanes) is 4. The van der Waals surface area contributed by atoms with E-state index in [0.717, 1.165) is 0 Å². The number of rotatable bonds is 10. The third-order valence-corrected chi connectivity index (χ3v) is 4.97. The molecule has 1 unspecified atom stereocenters. The summed E-state index contributed by atoms with van der Waals surface area (Å²) in [6.45, 7) is 13.5. The van der Waals surface area contributed by atoms with Gasteiger partial charge in [0.1, 0.15) is 0 Å². The molecule has 0 spiro atoms. The lowest BCUT2D eigenvalue weighted by molar-refractivity contribution is 0.0906. The van der Waals surface area contributed by atoms with Crippen molar-refractivity contribution in [1.82, 2.24) is 9.80 Å². The molecule has 1 fully saturated rings. The minimum Gasteiger partial charge on any atom is -0.304 e. The minimum absolute atomic E-state index is 0.555. The molecule has 0 saturated carbocycles. The number of hydrogen-bond acceptors (Lipinski definition) is 2. The van der Waals surface area contributed by atoms with Crippen molar-refractivity contribution in [3.8, 4) is 0 Å². The average molecular weight is 283 g/mol. The Morgan fingerprint density at radius 1 is 0.800 bits per heavy atom. The number of piperazine rings is 1. The lowest BCUT2D eigenvalue weighted by atomic mass is 9.79. The molecule has 2 nitrogen and oxygen atoms in total. The summed E-state index contributed by atoms with van der Waals surface area (Å²) in [5.41, 5.74) is 0.555. The zero-order chi connectivity index (χ0) is 14.8. The summed E-state index contributed by atoms with van der Waals surface area (Å²) in [4.78, 5) is 5.18. The van der Waals surface area contributed by atoms with Crippen molar-refractivity contribution in [2.45, 2.75) is 72.1 Å². The van der Waals surface area contributed by atoms with Crippen LogP contribution in [0.2, 0.25) is 0 Å². The van der Waals surface area contributed by atoms with Crippen molar-refractivity contribution >= 4 is 0 Å². The van der Waals surface area contributed by atoms with E-state index < -0.39 is 0 Å². The van der Waals surface area contributed by atoms with Gasteiger partial charge in [0, 0.05) is 32.7 Å². The lowest BCUT2D eigenvalue weighted by Gasteiger charge is -2.40. The van der Waals surface area contributed by atoms with Crippen LogP contribution < -0.4 is 0 Å². The van der Waals surface area contributed by atoms with E-state index >= 15 is 0 Å². The predicted molar refractivity (Wildman–Crippen MR) is 90.3 cm³/mol. The van der Waals surface area contributed by atoms with Crippen molar-refractivity contribution in [3.63, 3.8) is 0 Å². The molecule has 0 aliphatic carbocycles. The quantitative estimate of drug-likeness (QED) is 0.548. The highest BCUT2D eigenvalue weighted by Gasteiger charge is 2.27. The van der Waals surface area contributed by atoms with Gasteiger partial charge in [-0.15, -0.1) is 0 Å². The molecule has 1 saturated heterocycles. The van der Waals surface area contributed by atoms with Crippen molar-refractivity contribution in [2.75, 3.05) is 39.8 Å². The monoisotopic (exact) mass is 282 g/mol. The molecule has 0 aromatic rings. The topological polar surface area (TPSA) is 6.48 Å². The highest BCUT2D eigenvalue weighted by Crippen LogP contribution is 2.32. The van der Waals surface area contributed by atoms with E-state index in [1.54, 1.807) is 0 Å². The summed E-state index contributed by atoms with van der Waals surface area (Å²) in [7, 11) is 2.25. The average Bonchev–Trinajstić information content (AvgIpc) is 2.44. The first-order chi connectivity index (χ1) is 9.59. The Morgan fingerprint density at radius 2 is 1.40 bits per heavy atom. The fraction of sp³-hybridized carbons (Fsp3) is 1.00. The molecule has 0 aromatic carbocycles. The second-order valence-corrected chi connectivity index (χ2v) is 7.30. The molecule has 1 heterocycles. The van der Waals surface area contributed by atoms with Gasteiger partial charge >= 0.3 is 0 Å². The zero-order valence-corrected chi connectivity index (χ0v) is 14.6. The standard InChI is InChI=1S/C18H38N2/c1-5-7-9-10-12-18(3,11-8-6-2)17-20-15-13-19(4)14-16-20/h5-17H2,1-4H3. The molecule has 2 heteroatoms. The van der Waals surface area contributed by atoms with Crippen LogP contribution in [0.3, 0.4) is 0 Å². The molecule has 1 atom stereocenters. The largest absolute Gasteiger partial charge is 0.304 e. The third-order valence-electron chi connectivity index (χ3n) is 4.97. The van der Waals surface area contributed by atoms with Crippen LogP contribution in [0, 0.1) is 5.41 Å². The lowest BCUT2D eigenvalue weighted by Crippen LogP contribution is -2.48. The van der Waals surface area contributed by atoms with Crippen molar-refractivity contribution in [2.24, 2.45) is 5.41 Å². The van der Waals surface area contributed by atoms with E-state index in [0.29, 0.717) is 5.41 Å². The van der Waals surface area contributed by atoms with Crippen LogP contribution in [-0.4, -0.2) is 49.6 Å². The Kier molecular flexibility index (Phi) is 8.79. The first-order valence-electron chi connectivity index (χ1n) is 9.00.